The number of nitrogens with zero attached hydrogens (tertiary/aromatic N) is 7. The van der Waals surface area contributed by atoms with Crippen LogP contribution >= 0.6 is 0 Å². The van der Waals surface area contributed by atoms with E-state index in [-0.39, 0.29) is 28.6 Å². The van der Waals surface area contributed by atoms with Gasteiger partial charge in [-0.05, 0) is 42.9 Å². The second-order valence-corrected chi connectivity index (χ2v) is 8.17. The first-order valence-corrected chi connectivity index (χ1v) is 10.5. The minimum atomic E-state index is -4.55. The molecule has 1 aliphatic carbocycles. The number of hydrogen-bond donors (Lipinski definition) is 1. The van der Waals surface area contributed by atoms with Crippen molar-refractivity contribution in [3.05, 3.63) is 75.7 Å². The van der Waals surface area contributed by atoms with Crippen molar-refractivity contribution >= 4 is 11.0 Å². The van der Waals surface area contributed by atoms with Gasteiger partial charge in [0, 0.05) is 24.5 Å². The quantitative estimate of drug-likeness (QED) is 0.488. The molecule has 1 N–H and O–H groups in total. The van der Waals surface area contributed by atoms with E-state index in [9.17, 15) is 23.2 Å². The third kappa shape index (κ3) is 3.59. The highest BCUT2D eigenvalue weighted by molar-refractivity contribution is 5.80. The molecule has 4 heterocycles. The van der Waals surface area contributed by atoms with E-state index >= 15 is 0 Å². The van der Waals surface area contributed by atoms with Crippen molar-refractivity contribution < 1.29 is 13.2 Å². The molecule has 5 rings (SSSR count). The van der Waals surface area contributed by atoms with Gasteiger partial charge in [0.25, 0.3) is 5.56 Å². The molecule has 0 unspecified atom stereocenters. The molecule has 1 saturated carbocycles. The molecular weight excluding hydrogens is 449 g/mol. The molecule has 4 aromatic rings. The van der Waals surface area contributed by atoms with Gasteiger partial charge in [0.2, 0.25) is 0 Å². The summed E-state index contributed by atoms with van der Waals surface area (Å²) in [5, 5.41) is 13.8. The maximum absolute atomic E-state index is 12.9. The topological polar surface area (TPSA) is 126 Å². The minimum absolute atomic E-state index is 0.0388. The van der Waals surface area contributed by atoms with E-state index in [1.54, 1.807) is 19.3 Å². The SMILES string of the molecule is C[C@H](c1ccc(C(F)(F)F)nc1)n1nc(C#N)c2c(=O)[nH]c([C@@H]3CC[C@H]3c3cncnc3)nc21. The van der Waals surface area contributed by atoms with Crippen molar-refractivity contribution in [1.29, 1.82) is 5.26 Å². The van der Waals surface area contributed by atoms with Gasteiger partial charge in [0.1, 0.15) is 29.3 Å². The highest BCUT2D eigenvalue weighted by Gasteiger charge is 2.36. The smallest absolute Gasteiger partial charge is 0.310 e. The second kappa shape index (κ2) is 8.02. The summed E-state index contributed by atoms with van der Waals surface area (Å²) in [4.78, 5) is 32.0. The summed E-state index contributed by atoms with van der Waals surface area (Å²) in [7, 11) is 0. The van der Waals surface area contributed by atoms with E-state index in [0.29, 0.717) is 11.4 Å². The third-order valence-electron chi connectivity index (χ3n) is 6.25. The van der Waals surface area contributed by atoms with Gasteiger partial charge in [-0.1, -0.05) is 6.07 Å². The zero-order chi connectivity index (χ0) is 24.0. The first-order valence-electron chi connectivity index (χ1n) is 10.5. The summed E-state index contributed by atoms with van der Waals surface area (Å²) in [5.74, 6) is 0.478. The van der Waals surface area contributed by atoms with Crippen LogP contribution in [0, 0.1) is 11.3 Å². The minimum Gasteiger partial charge on any atom is -0.310 e. The van der Waals surface area contributed by atoms with Crippen LogP contribution < -0.4 is 5.56 Å². The number of hydrogen-bond acceptors (Lipinski definition) is 7. The van der Waals surface area contributed by atoms with Gasteiger partial charge in [-0.15, -0.1) is 0 Å². The van der Waals surface area contributed by atoms with Crippen molar-refractivity contribution in [2.75, 3.05) is 0 Å². The number of alkyl halides is 3. The van der Waals surface area contributed by atoms with Crippen molar-refractivity contribution in [1.82, 2.24) is 34.7 Å². The van der Waals surface area contributed by atoms with Gasteiger partial charge in [-0.25, -0.2) is 19.6 Å². The molecule has 34 heavy (non-hydrogen) atoms. The summed E-state index contributed by atoms with van der Waals surface area (Å²) in [6.45, 7) is 1.69. The highest BCUT2D eigenvalue weighted by Crippen LogP contribution is 2.47. The Balaban J connectivity index is 1.57. The van der Waals surface area contributed by atoms with Gasteiger partial charge in [-0.2, -0.15) is 23.5 Å². The summed E-state index contributed by atoms with van der Waals surface area (Å²) >= 11 is 0. The van der Waals surface area contributed by atoms with Crippen LogP contribution in [-0.2, 0) is 6.18 Å². The Morgan fingerprint density at radius 1 is 1.18 bits per heavy atom. The maximum Gasteiger partial charge on any atom is 0.433 e. The number of halogens is 3. The average Bonchev–Trinajstić information content (AvgIpc) is 3.17. The van der Waals surface area contributed by atoms with Crippen LogP contribution in [-0.4, -0.2) is 34.7 Å². The van der Waals surface area contributed by atoms with Crippen LogP contribution in [0.3, 0.4) is 0 Å². The fourth-order valence-electron chi connectivity index (χ4n) is 4.28. The fraction of sp³-hybridized carbons (Fsp3) is 0.318. The Kier molecular flexibility index (Phi) is 5.11. The standard InChI is InChI=1S/C22H17F3N8O/c1-11(12-2-5-17(29-9-12)22(23,24)25)33-20-18(16(6-26)32-33)21(34)31-19(30-20)15-4-3-14(15)13-7-27-10-28-8-13/h2,5,7-11,14-15H,3-4H2,1H3,(H,30,31,34)/t11-,14+,15-/m1/s1. The summed E-state index contributed by atoms with van der Waals surface area (Å²) in [5.41, 5.74) is -0.0496. The summed E-state index contributed by atoms with van der Waals surface area (Å²) < 4.78 is 40.0. The molecule has 0 spiro atoms. The molecule has 0 saturated heterocycles. The van der Waals surface area contributed by atoms with Crippen LogP contribution in [0.1, 0.15) is 66.0 Å². The van der Waals surface area contributed by atoms with Crippen molar-refractivity contribution in [3.63, 3.8) is 0 Å². The lowest BCUT2D eigenvalue weighted by Gasteiger charge is -2.35. The number of nitrogens with one attached hydrogen (secondary N) is 1. The second-order valence-electron chi connectivity index (χ2n) is 8.17. The predicted molar refractivity (Wildman–Crippen MR) is 113 cm³/mol. The zero-order valence-electron chi connectivity index (χ0n) is 17.8. The Bertz CT molecular complexity index is 1450. The number of H-pyrrole nitrogens is 1. The van der Waals surface area contributed by atoms with E-state index in [0.717, 1.165) is 30.7 Å². The van der Waals surface area contributed by atoms with Crippen molar-refractivity contribution in [3.8, 4) is 6.07 Å². The molecule has 4 aromatic heterocycles. The van der Waals surface area contributed by atoms with E-state index in [1.807, 2.05) is 6.07 Å². The van der Waals surface area contributed by atoms with Crippen LogP contribution in [0.4, 0.5) is 13.2 Å². The molecule has 1 fully saturated rings. The molecule has 0 aliphatic heterocycles. The zero-order valence-corrected chi connectivity index (χ0v) is 17.8. The highest BCUT2D eigenvalue weighted by atomic mass is 19.4. The molecule has 0 aromatic carbocycles. The number of pyridine rings is 1. The Labute approximate surface area is 190 Å². The van der Waals surface area contributed by atoms with Gasteiger partial charge in [-0.3, -0.25) is 9.78 Å². The lowest BCUT2D eigenvalue weighted by atomic mass is 9.70. The van der Waals surface area contributed by atoms with Gasteiger partial charge >= 0.3 is 6.18 Å². The average molecular weight is 466 g/mol. The lowest BCUT2D eigenvalue weighted by Crippen LogP contribution is -2.27. The van der Waals surface area contributed by atoms with E-state index < -0.39 is 23.5 Å². The number of rotatable bonds is 4. The van der Waals surface area contributed by atoms with Crippen LogP contribution in [0.2, 0.25) is 0 Å². The molecule has 172 valence electrons. The molecule has 1 aliphatic rings. The van der Waals surface area contributed by atoms with Gasteiger partial charge in [0.15, 0.2) is 11.3 Å². The molecule has 12 heteroatoms. The van der Waals surface area contributed by atoms with E-state index in [1.165, 1.54) is 17.1 Å². The van der Waals surface area contributed by atoms with E-state index in [4.69, 9.17) is 0 Å². The number of aromatic nitrogens is 7. The van der Waals surface area contributed by atoms with Gasteiger partial charge < -0.3 is 4.98 Å². The van der Waals surface area contributed by atoms with E-state index in [2.05, 4.69) is 30.0 Å². The summed E-state index contributed by atoms with van der Waals surface area (Å²) in [6, 6.07) is 3.46. The first-order chi connectivity index (χ1) is 16.3. The first kappa shape index (κ1) is 21.7. The molecule has 0 radical (unpaired) electrons. The molecule has 0 bridgehead atoms. The molecule has 9 nitrogen and oxygen atoms in total. The number of aromatic amines is 1. The Hall–Kier alpha value is -4.14. The normalized spacial score (nSPS) is 18.9. The molecule has 0 amide bonds. The number of nitriles is 1. The third-order valence-corrected chi connectivity index (χ3v) is 6.25. The fourth-order valence-corrected chi connectivity index (χ4v) is 4.28. The monoisotopic (exact) mass is 466 g/mol. The van der Waals surface area contributed by atoms with Crippen molar-refractivity contribution in [2.24, 2.45) is 0 Å². The summed E-state index contributed by atoms with van der Waals surface area (Å²) in [6.07, 6.45) is 3.15. The van der Waals surface area contributed by atoms with Crippen molar-refractivity contribution in [2.45, 2.75) is 43.8 Å². The lowest BCUT2D eigenvalue weighted by molar-refractivity contribution is -0.141. The predicted octanol–water partition coefficient (Wildman–Crippen LogP) is 3.47. The Morgan fingerprint density at radius 3 is 2.50 bits per heavy atom. The van der Waals surface area contributed by atoms with Crippen LogP contribution in [0.25, 0.3) is 11.0 Å². The van der Waals surface area contributed by atoms with Crippen LogP contribution in [0.5, 0.6) is 0 Å². The largest absolute Gasteiger partial charge is 0.433 e. The van der Waals surface area contributed by atoms with Crippen LogP contribution in [0.15, 0.2) is 41.8 Å². The maximum atomic E-state index is 12.9. The number of fused-ring (bicyclic) bond motifs is 1. The van der Waals surface area contributed by atoms with Gasteiger partial charge in [0.05, 0.1) is 6.04 Å². The Morgan fingerprint density at radius 2 is 1.91 bits per heavy atom. The molecule has 3 atom stereocenters. The molecular formula is C22H17F3N8O.